The third kappa shape index (κ3) is 3.63. The molecule has 0 saturated carbocycles. The van der Waals surface area contributed by atoms with Crippen LogP contribution in [0.2, 0.25) is 0 Å². The second kappa shape index (κ2) is 7.68. The number of rotatable bonds is 6. The number of methoxy groups -OCH3 is 1. The molecule has 0 saturated heterocycles. The van der Waals surface area contributed by atoms with Crippen molar-refractivity contribution in [3.8, 4) is 5.75 Å². The van der Waals surface area contributed by atoms with Gasteiger partial charge in [-0.1, -0.05) is 18.2 Å². The number of anilines is 2. The maximum Gasteiger partial charge on any atom is 0.252 e. The molecule has 1 atom stereocenters. The topological polar surface area (TPSA) is 58.6 Å². The molecule has 134 valence electrons. The van der Waals surface area contributed by atoms with Crippen molar-refractivity contribution in [2.75, 3.05) is 25.0 Å². The largest absolute Gasteiger partial charge is 0.497 e. The number of ether oxygens (including phenoxy) is 1. The summed E-state index contributed by atoms with van der Waals surface area (Å²) >= 11 is 1.43. The SMILES string of the molecule is CNCCCC1Sc2ccccc2N(c2cccc(OC)c2)S1(=O)=O. The van der Waals surface area contributed by atoms with E-state index in [1.54, 1.807) is 19.2 Å². The van der Waals surface area contributed by atoms with Gasteiger partial charge in [0.2, 0.25) is 0 Å². The monoisotopic (exact) mass is 378 g/mol. The van der Waals surface area contributed by atoms with E-state index < -0.39 is 14.6 Å². The summed E-state index contributed by atoms with van der Waals surface area (Å²) in [4.78, 5) is 0.981. The van der Waals surface area contributed by atoms with Crippen LogP contribution < -0.4 is 14.4 Å². The van der Waals surface area contributed by atoms with Crippen molar-refractivity contribution in [3.63, 3.8) is 0 Å². The molecular formula is C18H22N2O3S2. The molecule has 1 aliphatic rings. The van der Waals surface area contributed by atoms with Gasteiger partial charge >= 0.3 is 0 Å². The summed E-state index contributed by atoms with van der Waals surface area (Å²) in [6.07, 6.45) is 1.41. The molecule has 2 aromatic carbocycles. The number of para-hydroxylation sites is 1. The molecular weight excluding hydrogens is 356 g/mol. The fourth-order valence-electron chi connectivity index (χ4n) is 2.86. The Morgan fingerprint density at radius 1 is 1.20 bits per heavy atom. The van der Waals surface area contributed by atoms with Crippen LogP contribution in [0.25, 0.3) is 0 Å². The molecule has 0 aliphatic carbocycles. The van der Waals surface area contributed by atoms with E-state index in [-0.39, 0.29) is 0 Å². The summed E-state index contributed by atoms with van der Waals surface area (Å²) < 4.78 is 32.9. The Bertz CT molecular complexity index is 840. The van der Waals surface area contributed by atoms with Crippen LogP contribution in [0.4, 0.5) is 11.4 Å². The predicted octanol–water partition coefficient (Wildman–Crippen LogP) is 3.59. The maximum atomic E-state index is 13.3. The molecule has 2 aromatic rings. The second-order valence-electron chi connectivity index (χ2n) is 5.77. The number of nitrogens with one attached hydrogen (secondary N) is 1. The zero-order valence-corrected chi connectivity index (χ0v) is 15.9. The van der Waals surface area contributed by atoms with Crippen LogP contribution in [-0.4, -0.2) is 33.7 Å². The number of sulfonamides is 1. The average molecular weight is 379 g/mol. The van der Waals surface area contributed by atoms with Crippen molar-refractivity contribution in [1.29, 1.82) is 0 Å². The summed E-state index contributed by atoms with van der Waals surface area (Å²) in [7, 11) is -0.0704. The minimum Gasteiger partial charge on any atom is -0.497 e. The Morgan fingerprint density at radius 2 is 2.00 bits per heavy atom. The number of nitrogens with zero attached hydrogens (tertiary/aromatic N) is 1. The van der Waals surface area contributed by atoms with Gasteiger partial charge < -0.3 is 10.1 Å². The van der Waals surface area contributed by atoms with E-state index in [1.165, 1.54) is 16.1 Å². The zero-order chi connectivity index (χ0) is 17.9. The fraction of sp³-hybridized carbons (Fsp3) is 0.333. The summed E-state index contributed by atoms with van der Waals surface area (Å²) in [5.74, 6) is 0.634. The second-order valence-corrected chi connectivity index (χ2v) is 9.28. The lowest BCUT2D eigenvalue weighted by Gasteiger charge is -2.35. The van der Waals surface area contributed by atoms with Gasteiger partial charge in [-0.3, -0.25) is 0 Å². The van der Waals surface area contributed by atoms with Crippen molar-refractivity contribution in [3.05, 3.63) is 48.5 Å². The Balaban J connectivity index is 2.06. The van der Waals surface area contributed by atoms with E-state index in [9.17, 15) is 8.42 Å². The first kappa shape index (κ1) is 18.1. The number of thioether (sulfide) groups is 1. The minimum absolute atomic E-state index is 0.498. The Hall–Kier alpha value is -1.70. The van der Waals surface area contributed by atoms with Crippen LogP contribution in [0, 0.1) is 0 Å². The summed E-state index contributed by atoms with van der Waals surface area (Å²) in [6, 6.07) is 14.8. The highest BCUT2D eigenvalue weighted by atomic mass is 32.3. The lowest BCUT2D eigenvalue weighted by atomic mass is 10.2. The van der Waals surface area contributed by atoms with Crippen LogP contribution in [0.5, 0.6) is 5.75 Å². The van der Waals surface area contributed by atoms with Crippen molar-refractivity contribution in [2.45, 2.75) is 22.3 Å². The molecule has 0 bridgehead atoms. The van der Waals surface area contributed by atoms with Crippen molar-refractivity contribution in [1.82, 2.24) is 5.32 Å². The molecule has 1 aliphatic heterocycles. The van der Waals surface area contributed by atoms with Gasteiger partial charge in [0.05, 0.1) is 18.5 Å². The van der Waals surface area contributed by atoms with Crippen molar-refractivity contribution in [2.24, 2.45) is 0 Å². The normalized spacial score (nSPS) is 18.6. The van der Waals surface area contributed by atoms with Gasteiger partial charge in [0.25, 0.3) is 10.0 Å². The van der Waals surface area contributed by atoms with Crippen LogP contribution in [0.1, 0.15) is 12.8 Å². The average Bonchev–Trinajstić information content (AvgIpc) is 2.62. The molecule has 5 nitrogen and oxygen atoms in total. The lowest BCUT2D eigenvalue weighted by molar-refractivity contribution is 0.415. The van der Waals surface area contributed by atoms with E-state index in [4.69, 9.17) is 4.74 Å². The summed E-state index contributed by atoms with van der Waals surface area (Å²) in [5.41, 5.74) is 1.30. The van der Waals surface area contributed by atoms with Gasteiger partial charge in [-0.05, 0) is 50.7 Å². The highest BCUT2D eigenvalue weighted by Gasteiger charge is 2.39. The first-order valence-electron chi connectivity index (χ1n) is 8.16. The third-order valence-corrected chi connectivity index (χ3v) is 8.02. The van der Waals surface area contributed by atoms with Gasteiger partial charge in [-0.25, -0.2) is 12.7 Å². The fourth-order valence-corrected chi connectivity index (χ4v) is 6.52. The van der Waals surface area contributed by atoms with Crippen LogP contribution in [-0.2, 0) is 10.0 Å². The highest BCUT2D eigenvalue weighted by molar-refractivity contribution is 8.14. The van der Waals surface area contributed by atoms with E-state index in [2.05, 4.69) is 5.32 Å². The molecule has 0 spiro atoms. The molecule has 0 amide bonds. The van der Waals surface area contributed by atoms with E-state index >= 15 is 0 Å². The molecule has 0 aromatic heterocycles. The van der Waals surface area contributed by atoms with Crippen LogP contribution in [0.15, 0.2) is 53.4 Å². The first-order chi connectivity index (χ1) is 12.1. The third-order valence-electron chi connectivity index (χ3n) is 4.08. The number of hydrogen-bond donors (Lipinski definition) is 1. The molecule has 3 rings (SSSR count). The number of benzene rings is 2. The van der Waals surface area contributed by atoms with Gasteiger partial charge in [-0.2, -0.15) is 0 Å². The smallest absolute Gasteiger partial charge is 0.252 e. The van der Waals surface area contributed by atoms with Gasteiger partial charge in [0, 0.05) is 11.0 Å². The quantitative estimate of drug-likeness (QED) is 0.779. The molecule has 1 unspecified atom stereocenters. The van der Waals surface area contributed by atoms with Gasteiger partial charge in [0.15, 0.2) is 0 Å². The Kier molecular flexibility index (Phi) is 5.56. The zero-order valence-electron chi connectivity index (χ0n) is 14.3. The van der Waals surface area contributed by atoms with Gasteiger partial charge in [0.1, 0.15) is 10.3 Å². The molecule has 7 heteroatoms. The van der Waals surface area contributed by atoms with E-state index in [0.29, 0.717) is 23.5 Å². The summed E-state index contributed by atoms with van der Waals surface area (Å²) in [6.45, 7) is 0.799. The minimum atomic E-state index is -3.52. The Morgan fingerprint density at radius 3 is 2.76 bits per heavy atom. The van der Waals surface area contributed by atoms with Crippen molar-refractivity contribution >= 4 is 33.2 Å². The van der Waals surface area contributed by atoms with Crippen LogP contribution >= 0.6 is 11.8 Å². The van der Waals surface area contributed by atoms with Crippen LogP contribution in [0.3, 0.4) is 0 Å². The standard InChI is InChI=1S/C18H22N2O3S2/c1-19-12-6-11-18-24-17-10-4-3-9-16(17)20(25(18,21)22)14-7-5-8-15(13-14)23-2/h3-5,7-10,13,18-19H,6,11-12H2,1-2H3. The lowest BCUT2D eigenvalue weighted by Crippen LogP contribution is -2.37. The van der Waals surface area contributed by atoms with E-state index in [1.807, 2.05) is 43.4 Å². The predicted molar refractivity (Wildman–Crippen MR) is 103 cm³/mol. The molecule has 1 N–H and O–H groups in total. The van der Waals surface area contributed by atoms with Gasteiger partial charge in [-0.15, -0.1) is 11.8 Å². The molecule has 1 heterocycles. The molecule has 25 heavy (non-hydrogen) atoms. The first-order valence-corrected chi connectivity index (χ1v) is 10.5. The number of fused-ring (bicyclic) bond motifs is 1. The maximum absolute atomic E-state index is 13.3. The molecule has 0 radical (unpaired) electrons. The molecule has 0 fully saturated rings. The van der Waals surface area contributed by atoms with E-state index in [0.717, 1.165) is 17.9 Å². The summed E-state index contributed by atoms with van der Waals surface area (Å²) in [5, 5.41) is 3.08. The Labute approximate surface area is 153 Å². The number of hydrogen-bond acceptors (Lipinski definition) is 5. The van der Waals surface area contributed by atoms with Crippen molar-refractivity contribution < 1.29 is 13.2 Å². The highest BCUT2D eigenvalue weighted by Crippen LogP contribution is 2.47.